The Balaban J connectivity index is 1.87. The molecule has 2 atom stereocenters. The summed E-state index contributed by atoms with van der Waals surface area (Å²) in [5, 5.41) is 1.05. The third-order valence-corrected chi connectivity index (χ3v) is 5.10. The van der Waals surface area contributed by atoms with Crippen molar-refractivity contribution < 1.29 is 8.95 Å². The lowest BCUT2D eigenvalue weighted by Gasteiger charge is -2.25. The number of halogens is 2. The molecule has 0 radical (unpaired) electrons. The van der Waals surface area contributed by atoms with Crippen molar-refractivity contribution in [1.82, 2.24) is 4.98 Å². The van der Waals surface area contributed by atoms with Crippen LogP contribution in [0.2, 0.25) is 10.0 Å². The first kappa shape index (κ1) is 14.8. The summed E-state index contributed by atoms with van der Waals surface area (Å²) in [6.45, 7) is 0. The first-order valence-corrected chi connectivity index (χ1v) is 8.80. The van der Waals surface area contributed by atoms with E-state index < -0.39 is 10.8 Å². The van der Waals surface area contributed by atoms with E-state index in [1.165, 1.54) is 0 Å². The predicted molar refractivity (Wildman–Crippen MR) is 84.7 cm³/mol. The average molecular weight is 342 g/mol. The fourth-order valence-electron chi connectivity index (χ4n) is 2.35. The van der Waals surface area contributed by atoms with Gasteiger partial charge in [-0.15, -0.1) is 0 Å². The smallest absolute Gasteiger partial charge is 0.217 e. The number of ether oxygens (including phenoxy) is 1. The minimum atomic E-state index is -1.03. The minimum Gasteiger partial charge on any atom is -0.469 e. The number of pyridine rings is 1. The summed E-state index contributed by atoms with van der Waals surface area (Å²) in [7, 11) is -1.03. The van der Waals surface area contributed by atoms with Crippen LogP contribution in [0.15, 0.2) is 35.4 Å². The highest BCUT2D eigenvalue weighted by Crippen LogP contribution is 2.35. The number of benzene rings is 1. The fraction of sp³-hybridized carbons (Fsp3) is 0.267. The number of hydrogen-bond acceptors (Lipinski definition) is 3. The average Bonchev–Trinajstić information content (AvgIpc) is 2.49. The van der Waals surface area contributed by atoms with E-state index in [1.54, 1.807) is 18.5 Å². The van der Waals surface area contributed by atoms with Crippen LogP contribution in [0.4, 0.5) is 0 Å². The maximum absolute atomic E-state index is 11.5. The Labute approximate surface area is 135 Å². The molecule has 3 nitrogen and oxygen atoms in total. The Morgan fingerprint density at radius 3 is 2.81 bits per heavy atom. The summed E-state index contributed by atoms with van der Waals surface area (Å²) in [5.74, 6) is 0.603. The molecule has 1 aromatic carbocycles. The zero-order valence-corrected chi connectivity index (χ0v) is 13.6. The Bertz CT molecular complexity index is 721. The van der Waals surface area contributed by atoms with Gasteiger partial charge in [-0.2, -0.15) is 0 Å². The van der Waals surface area contributed by atoms with E-state index in [0.717, 1.165) is 28.9 Å². The Hall–Kier alpha value is -1.10. The molecule has 21 heavy (non-hydrogen) atoms. The number of hydrogen-bond donors (Lipinski definition) is 0. The number of rotatable bonds is 2. The van der Waals surface area contributed by atoms with Crippen molar-refractivity contribution in [3.63, 3.8) is 0 Å². The molecule has 1 aromatic heterocycles. The molecule has 0 saturated heterocycles. The molecular formula is C15H13Cl2NO2S. The lowest BCUT2D eigenvalue weighted by molar-refractivity contribution is 0.167. The summed E-state index contributed by atoms with van der Waals surface area (Å²) in [4.78, 5) is 5.01. The summed E-state index contributed by atoms with van der Waals surface area (Å²) >= 11 is 12.0. The van der Waals surface area contributed by atoms with Crippen molar-refractivity contribution in [1.29, 1.82) is 0 Å². The van der Waals surface area contributed by atoms with Gasteiger partial charge >= 0.3 is 0 Å². The van der Waals surface area contributed by atoms with Crippen LogP contribution in [0, 0.1) is 0 Å². The van der Waals surface area contributed by atoms with Gasteiger partial charge in [0.2, 0.25) is 5.88 Å². The molecule has 1 aliphatic heterocycles. The molecular weight excluding hydrogens is 329 g/mol. The maximum atomic E-state index is 11.5. The van der Waals surface area contributed by atoms with E-state index in [4.69, 9.17) is 27.9 Å². The molecule has 6 heteroatoms. The highest BCUT2D eigenvalue weighted by atomic mass is 35.5. The van der Waals surface area contributed by atoms with E-state index in [1.807, 2.05) is 18.2 Å². The monoisotopic (exact) mass is 341 g/mol. The number of aromatic nitrogens is 1. The van der Waals surface area contributed by atoms with Crippen LogP contribution < -0.4 is 4.74 Å². The topological polar surface area (TPSA) is 39.2 Å². The molecule has 0 N–H and O–H groups in total. The van der Waals surface area contributed by atoms with Crippen molar-refractivity contribution in [3.8, 4) is 5.88 Å². The molecule has 2 aromatic rings. The second kappa shape index (κ2) is 5.95. The first-order valence-electron chi connectivity index (χ1n) is 6.48. The van der Waals surface area contributed by atoms with Crippen LogP contribution in [0.1, 0.15) is 23.7 Å². The van der Waals surface area contributed by atoms with E-state index in [0.29, 0.717) is 15.9 Å². The molecule has 0 amide bonds. The lowest BCUT2D eigenvalue weighted by atomic mass is 9.99. The fourth-order valence-corrected chi connectivity index (χ4v) is 3.16. The third kappa shape index (κ3) is 3.07. The van der Waals surface area contributed by atoms with E-state index >= 15 is 0 Å². The SMILES string of the molecule is C[S@](=O)c1cnc2c(c1)CC[C@H](c1ccc(Cl)c(Cl)c1)O2. The van der Waals surface area contributed by atoms with Crippen LogP contribution in [0.3, 0.4) is 0 Å². The Kier molecular flexibility index (Phi) is 4.20. The number of fused-ring (bicyclic) bond motifs is 1. The van der Waals surface area contributed by atoms with Gasteiger partial charge in [-0.3, -0.25) is 4.21 Å². The minimum absolute atomic E-state index is 0.0854. The molecule has 2 heterocycles. The predicted octanol–water partition coefficient (Wildman–Crippen LogP) is 4.19. The summed E-state index contributed by atoms with van der Waals surface area (Å²) < 4.78 is 17.4. The summed E-state index contributed by atoms with van der Waals surface area (Å²) in [6.07, 6.45) is 4.82. The van der Waals surface area contributed by atoms with Crippen LogP contribution in [0.5, 0.6) is 5.88 Å². The second-order valence-corrected chi connectivity index (χ2v) is 7.10. The zero-order valence-electron chi connectivity index (χ0n) is 11.3. The molecule has 110 valence electrons. The molecule has 0 fully saturated rings. The lowest BCUT2D eigenvalue weighted by Crippen LogP contribution is -2.16. The molecule has 0 bridgehead atoms. The van der Waals surface area contributed by atoms with Crippen LogP contribution >= 0.6 is 23.2 Å². The number of aryl methyl sites for hydroxylation is 1. The van der Waals surface area contributed by atoms with Crippen molar-refractivity contribution in [2.45, 2.75) is 23.8 Å². The molecule has 0 unspecified atom stereocenters. The van der Waals surface area contributed by atoms with E-state index in [9.17, 15) is 4.21 Å². The summed E-state index contributed by atoms with van der Waals surface area (Å²) in [5.41, 5.74) is 1.99. The van der Waals surface area contributed by atoms with Gasteiger partial charge in [0.05, 0.1) is 25.7 Å². The Morgan fingerprint density at radius 2 is 2.10 bits per heavy atom. The van der Waals surface area contributed by atoms with Gasteiger partial charge in [-0.1, -0.05) is 29.3 Å². The summed E-state index contributed by atoms with van der Waals surface area (Å²) in [6, 6.07) is 7.42. The largest absolute Gasteiger partial charge is 0.469 e. The van der Waals surface area contributed by atoms with Crippen LogP contribution in [-0.2, 0) is 17.2 Å². The number of nitrogens with zero attached hydrogens (tertiary/aromatic N) is 1. The van der Waals surface area contributed by atoms with E-state index in [2.05, 4.69) is 4.98 Å². The first-order chi connectivity index (χ1) is 10.0. The normalized spacial score (nSPS) is 18.7. The highest BCUT2D eigenvalue weighted by Gasteiger charge is 2.23. The van der Waals surface area contributed by atoms with Gasteiger partial charge in [-0.05, 0) is 36.6 Å². The van der Waals surface area contributed by atoms with Gasteiger partial charge in [0.25, 0.3) is 0 Å². The van der Waals surface area contributed by atoms with Crippen LogP contribution in [-0.4, -0.2) is 15.4 Å². The van der Waals surface area contributed by atoms with Crippen molar-refractivity contribution in [2.24, 2.45) is 0 Å². The highest BCUT2D eigenvalue weighted by molar-refractivity contribution is 7.84. The van der Waals surface area contributed by atoms with Crippen molar-refractivity contribution in [2.75, 3.05) is 6.26 Å². The van der Waals surface area contributed by atoms with Crippen LogP contribution in [0.25, 0.3) is 0 Å². The van der Waals surface area contributed by atoms with E-state index in [-0.39, 0.29) is 6.10 Å². The second-order valence-electron chi connectivity index (χ2n) is 4.91. The maximum Gasteiger partial charge on any atom is 0.217 e. The van der Waals surface area contributed by atoms with Crippen molar-refractivity contribution >= 4 is 34.0 Å². The standard InChI is InChI=1S/C15H13Cl2NO2S/c1-21(19)11-6-10-3-5-14(20-15(10)18-8-11)9-2-4-12(16)13(17)7-9/h2,4,6-8,14H,3,5H2,1H3/t14-,21+/m1/s1. The van der Waals surface area contributed by atoms with Gasteiger partial charge in [0.15, 0.2) is 0 Å². The van der Waals surface area contributed by atoms with Gasteiger partial charge in [0, 0.05) is 18.0 Å². The Morgan fingerprint density at radius 1 is 1.29 bits per heavy atom. The molecule has 1 aliphatic rings. The van der Waals surface area contributed by atoms with Gasteiger partial charge in [-0.25, -0.2) is 4.98 Å². The molecule has 0 aliphatic carbocycles. The van der Waals surface area contributed by atoms with Gasteiger partial charge < -0.3 is 4.74 Å². The zero-order chi connectivity index (χ0) is 15.0. The molecule has 3 rings (SSSR count). The van der Waals surface area contributed by atoms with Crippen molar-refractivity contribution in [3.05, 3.63) is 51.6 Å². The quantitative estimate of drug-likeness (QED) is 0.821. The molecule has 0 saturated carbocycles. The third-order valence-electron chi connectivity index (χ3n) is 3.48. The van der Waals surface area contributed by atoms with Gasteiger partial charge in [0.1, 0.15) is 6.10 Å². The molecule has 0 spiro atoms.